The number of carboxylic acids is 1. The Labute approximate surface area is 114 Å². The maximum Gasteiger partial charge on any atom is 0.331 e. The molecule has 0 radical (unpaired) electrons. The van der Waals surface area contributed by atoms with Gasteiger partial charge in [-0.15, -0.1) is 0 Å². The summed E-state index contributed by atoms with van der Waals surface area (Å²) in [5.41, 5.74) is 5.59. The van der Waals surface area contributed by atoms with Gasteiger partial charge in [-0.2, -0.15) is 0 Å². The second-order valence-electron chi connectivity index (χ2n) is 5.84. The molecule has 1 N–H and O–H groups in total. The number of rotatable bonds is 2. The van der Waals surface area contributed by atoms with E-state index in [2.05, 4.69) is 25.1 Å². The van der Waals surface area contributed by atoms with Crippen molar-refractivity contribution in [1.82, 2.24) is 0 Å². The molecule has 1 aromatic carbocycles. The first kappa shape index (κ1) is 12.5. The van der Waals surface area contributed by atoms with E-state index in [1.54, 1.807) is 0 Å². The molecule has 1 fully saturated rings. The molecule has 0 unspecified atom stereocenters. The van der Waals surface area contributed by atoms with Crippen molar-refractivity contribution in [2.45, 2.75) is 45.4 Å². The molecule has 2 aliphatic carbocycles. The first-order chi connectivity index (χ1) is 9.16. The van der Waals surface area contributed by atoms with Crippen LogP contribution in [0.5, 0.6) is 0 Å². The van der Waals surface area contributed by atoms with Gasteiger partial charge in [0, 0.05) is 5.57 Å². The summed E-state index contributed by atoms with van der Waals surface area (Å²) in [6, 6.07) is 6.50. The summed E-state index contributed by atoms with van der Waals surface area (Å²) in [5, 5.41) is 9.51. The minimum atomic E-state index is -0.714. The highest BCUT2D eigenvalue weighted by atomic mass is 16.4. The molecule has 2 aliphatic rings. The molecule has 0 atom stereocenters. The predicted molar refractivity (Wildman–Crippen MR) is 76.0 cm³/mol. The molecule has 0 heterocycles. The largest absolute Gasteiger partial charge is 0.478 e. The number of aryl methyl sites for hydroxylation is 2. The van der Waals surface area contributed by atoms with Crippen LogP contribution >= 0.6 is 0 Å². The van der Waals surface area contributed by atoms with Gasteiger partial charge in [0.15, 0.2) is 0 Å². The van der Waals surface area contributed by atoms with Crippen molar-refractivity contribution in [3.8, 4) is 0 Å². The summed E-state index contributed by atoms with van der Waals surface area (Å²) in [4.78, 5) is 11.6. The van der Waals surface area contributed by atoms with E-state index in [0.717, 1.165) is 24.8 Å². The van der Waals surface area contributed by atoms with Crippen LogP contribution in [0.2, 0.25) is 0 Å². The average Bonchev–Trinajstić information content (AvgIpc) is 2.90. The van der Waals surface area contributed by atoms with Crippen LogP contribution in [-0.2, 0) is 11.2 Å². The van der Waals surface area contributed by atoms with Crippen LogP contribution < -0.4 is 0 Å². The third kappa shape index (κ3) is 2.20. The smallest absolute Gasteiger partial charge is 0.331 e. The number of benzene rings is 1. The minimum absolute atomic E-state index is 0.465. The SMILES string of the molecule is Cc1ccc2c(c1)C(C1CCCC1)=C(C(=O)O)CC2. The third-order valence-corrected chi connectivity index (χ3v) is 4.55. The molecule has 19 heavy (non-hydrogen) atoms. The quantitative estimate of drug-likeness (QED) is 0.869. The Kier molecular flexibility index (Phi) is 3.17. The molecule has 3 rings (SSSR count). The van der Waals surface area contributed by atoms with Gasteiger partial charge >= 0.3 is 5.97 Å². The van der Waals surface area contributed by atoms with Crippen LogP contribution in [0.1, 0.15) is 48.8 Å². The van der Waals surface area contributed by atoms with Crippen LogP contribution in [0.3, 0.4) is 0 Å². The first-order valence-corrected chi connectivity index (χ1v) is 7.23. The zero-order valence-corrected chi connectivity index (χ0v) is 11.4. The van der Waals surface area contributed by atoms with E-state index in [-0.39, 0.29) is 0 Å². The highest BCUT2D eigenvalue weighted by Crippen LogP contribution is 2.43. The molecular weight excluding hydrogens is 236 g/mol. The number of carboxylic acid groups (broad SMARTS) is 1. The van der Waals surface area contributed by atoms with E-state index in [1.165, 1.54) is 29.5 Å². The molecule has 2 nitrogen and oxygen atoms in total. The maximum absolute atomic E-state index is 11.6. The van der Waals surface area contributed by atoms with E-state index < -0.39 is 5.97 Å². The zero-order valence-electron chi connectivity index (χ0n) is 11.4. The lowest BCUT2D eigenvalue weighted by Gasteiger charge is -2.26. The molecule has 1 aromatic rings. The summed E-state index contributed by atoms with van der Waals surface area (Å²) in [6.45, 7) is 2.08. The Morgan fingerprint density at radius 3 is 2.63 bits per heavy atom. The van der Waals surface area contributed by atoms with Gasteiger partial charge in [0.25, 0.3) is 0 Å². The third-order valence-electron chi connectivity index (χ3n) is 4.55. The van der Waals surface area contributed by atoms with Crippen molar-refractivity contribution in [1.29, 1.82) is 0 Å². The lowest BCUT2D eigenvalue weighted by molar-refractivity contribution is -0.132. The summed E-state index contributed by atoms with van der Waals surface area (Å²) < 4.78 is 0. The van der Waals surface area contributed by atoms with Crippen molar-refractivity contribution in [3.05, 3.63) is 40.5 Å². The van der Waals surface area contributed by atoms with Gasteiger partial charge in [0.2, 0.25) is 0 Å². The van der Waals surface area contributed by atoms with E-state index in [1.807, 2.05) is 0 Å². The number of carbonyl (C=O) groups is 1. The fourth-order valence-corrected chi connectivity index (χ4v) is 3.62. The predicted octanol–water partition coefficient (Wildman–Crippen LogP) is 3.97. The van der Waals surface area contributed by atoms with E-state index >= 15 is 0 Å². The summed E-state index contributed by atoms with van der Waals surface area (Å²) in [7, 11) is 0. The van der Waals surface area contributed by atoms with Gasteiger partial charge in [-0.25, -0.2) is 4.79 Å². The van der Waals surface area contributed by atoms with Gasteiger partial charge in [-0.3, -0.25) is 0 Å². The fraction of sp³-hybridized carbons (Fsp3) is 0.471. The number of aliphatic carboxylic acids is 1. The molecule has 0 spiro atoms. The number of fused-ring (bicyclic) bond motifs is 1. The second-order valence-corrected chi connectivity index (χ2v) is 5.84. The summed E-state index contributed by atoms with van der Waals surface area (Å²) in [6.07, 6.45) is 6.34. The number of hydrogen-bond donors (Lipinski definition) is 1. The van der Waals surface area contributed by atoms with Gasteiger partial charge in [-0.1, -0.05) is 36.6 Å². The standard InChI is InChI=1S/C17H20O2/c1-11-6-7-12-8-9-14(17(18)19)16(15(12)10-11)13-4-2-3-5-13/h6-7,10,13H,2-5,8-9H2,1H3,(H,18,19). The Bertz CT molecular complexity index is 548. The lowest BCUT2D eigenvalue weighted by atomic mass is 9.78. The molecule has 0 amide bonds. The molecule has 1 saturated carbocycles. The molecule has 0 aliphatic heterocycles. The number of allylic oxidation sites excluding steroid dienone is 1. The van der Waals surface area contributed by atoms with E-state index in [9.17, 15) is 9.90 Å². The molecule has 100 valence electrons. The molecule has 0 aromatic heterocycles. The van der Waals surface area contributed by atoms with Crippen LogP contribution in [0, 0.1) is 12.8 Å². The normalized spacial score (nSPS) is 19.6. The maximum atomic E-state index is 11.6. The fourth-order valence-electron chi connectivity index (χ4n) is 3.62. The highest BCUT2D eigenvalue weighted by Gasteiger charge is 2.30. The molecule has 0 bridgehead atoms. The van der Waals surface area contributed by atoms with E-state index in [0.29, 0.717) is 17.9 Å². The zero-order chi connectivity index (χ0) is 13.4. The number of hydrogen-bond acceptors (Lipinski definition) is 1. The van der Waals surface area contributed by atoms with Crippen molar-refractivity contribution in [2.75, 3.05) is 0 Å². The topological polar surface area (TPSA) is 37.3 Å². The van der Waals surface area contributed by atoms with Crippen LogP contribution in [0.25, 0.3) is 5.57 Å². The first-order valence-electron chi connectivity index (χ1n) is 7.23. The van der Waals surface area contributed by atoms with Crippen LogP contribution in [-0.4, -0.2) is 11.1 Å². The highest BCUT2D eigenvalue weighted by molar-refractivity contribution is 5.98. The van der Waals surface area contributed by atoms with E-state index in [4.69, 9.17) is 0 Å². The van der Waals surface area contributed by atoms with Gasteiger partial charge in [0.1, 0.15) is 0 Å². The van der Waals surface area contributed by atoms with Crippen molar-refractivity contribution in [2.24, 2.45) is 5.92 Å². The molecule has 0 saturated heterocycles. The second kappa shape index (κ2) is 4.84. The van der Waals surface area contributed by atoms with Gasteiger partial charge in [0.05, 0.1) is 0 Å². The Morgan fingerprint density at radius 2 is 1.95 bits per heavy atom. The summed E-state index contributed by atoms with van der Waals surface area (Å²) >= 11 is 0. The van der Waals surface area contributed by atoms with Gasteiger partial charge < -0.3 is 5.11 Å². The van der Waals surface area contributed by atoms with Crippen LogP contribution in [0.15, 0.2) is 23.8 Å². The Balaban J connectivity index is 2.16. The van der Waals surface area contributed by atoms with Crippen molar-refractivity contribution < 1.29 is 9.90 Å². The molecular formula is C17H20O2. The molecule has 2 heteroatoms. The minimum Gasteiger partial charge on any atom is -0.478 e. The van der Waals surface area contributed by atoms with Gasteiger partial charge in [-0.05, 0) is 55.2 Å². The van der Waals surface area contributed by atoms with Crippen molar-refractivity contribution >= 4 is 11.5 Å². The average molecular weight is 256 g/mol. The van der Waals surface area contributed by atoms with Crippen LogP contribution in [0.4, 0.5) is 0 Å². The lowest BCUT2D eigenvalue weighted by Crippen LogP contribution is -2.16. The monoisotopic (exact) mass is 256 g/mol. The Hall–Kier alpha value is -1.57. The Morgan fingerprint density at radius 1 is 1.21 bits per heavy atom. The van der Waals surface area contributed by atoms with Crippen molar-refractivity contribution in [3.63, 3.8) is 0 Å². The summed E-state index contributed by atoms with van der Waals surface area (Å²) in [5.74, 6) is -0.249.